The summed E-state index contributed by atoms with van der Waals surface area (Å²) in [6, 6.07) is 27.3. The minimum absolute atomic E-state index is 0.264. The Morgan fingerprint density at radius 2 is 1.66 bits per heavy atom. The summed E-state index contributed by atoms with van der Waals surface area (Å²) in [5, 5.41) is 4.59. The Morgan fingerprint density at radius 3 is 2.47 bits per heavy atom. The molecular formula is C31H26N2O4S. The van der Waals surface area contributed by atoms with Crippen molar-refractivity contribution in [2.45, 2.75) is 20.5 Å². The molecule has 0 aromatic heterocycles. The van der Waals surface area contributed by atoms with Crippen LogP contribution in [0.2, 0.25) is 0 Å². The van der Waals surface area contributed by atoms with Crippen molar-refractivity contribution in [2.75, 3.05) is 11.9 Å². The predicted molar refractivity (Wildman–Crippen MR) is 152 cm³/mol. The lowest BCUT2D eigenvalue weighted by molar-refractivity contribution is -0.127. The number of carbonyl (C=O) groups is 3. The van der Waals surface area contributed by atoms with E-state index in [0.717, 1.165) is 49.7 Å². The molecule has 0 bridgehead atoms. The molecule has 1 heterocycles. The zero-order chi connectivity index (χ0) is 26.6. The van der Waals surface area contributed by atoms with Crippen molar-refractivity contribution in [1.29, 1.82) is 0 Å². The highest BCUT2D eigenvalue weighted by atomic mass is 32.2. The molecule has 190 valence electrons. The van der Waals surface area contributed by atoms with Crippen molar-refractivity contribution in [2.24, 2.45) is 0 Å². The van der Waals surface area contributed by atoms with E-state index in [1.165, 1.54) is 0 Å². The lowest BCUT2D eigenvalue weighted by Crippen LogP contribution is -2.36. The largest absolute Gasteiger partial charge is 0.489 e. The van der Waals surface area contributed by atoms with Crippen LogP contribution in [-0.2, 0) is 16.2 Å². The van der Waals surface area contributed by atoms with Gasteiger partial charge in [-0.2, -0.15) is 0 Å². The number of amides is 3. The predicted octanol–water partition coefficient (Wildman–Crippen LogP) is 6.71. The van der Waals surface area contributed by atoms with Gasteiger partial charge in [0.25, 0.3) is 11.1 Å². The Kier molecular flexibility index (Phi) is 7.29. The van der Waals surface area contributed by atoms with Crippen molar-refractivity contribution in [3.63, 3.8) is 0 Å². The Bertz CT molecular complexity index is 1570. The van der Waals surface area contributed by atoms with Gasteiger partial charge in [0.2, 0.25) is 5.91 Å². The standard InChI is InChI=1S/C31H26N2O4S/c1-20-13-21(2)15-25(14-20)32-29(34)18-33-30(35)28(38-31(33)36)17-22-7-5-11-26(16-22)37-19-24-10-6-9-23-8-3-4-12-27(23)24/h3-17H,18-19H2,1-2H3,(H,32,34)/b28-17+. The van der Waals surface area contributed by atoms with Crippen molar-refractivity contribution < 1.29 is 19.1 Å². The van der Waals surface area contributed by atoms with Crippen molar-refractivity contribution in [1.82, 2.24) is 4.90 Å². The average molecular weight is 523 g/mol. The van der Waals surface area contributed by atoms with Crippen molar-refractivity contribution in [3.05, 3.63) is 112 Å². The molecule has 0 aliphatic carbocycles. The van der Waals surface area contributed by atoms with Gasteiger partial charge in [0.05, 0.1) is 4.91 Å². The third-order valence-corrected chi connectivity index (χ3v) is 7.02. The first-order valence-corrected chi connectivity index (χ1v) is 13.0. The second-order valence-electron chi connectivity index (χ2n) is 9.19. The highest BCUT2D eigenvalue weighted by Gasteiger charge is 2.36. The molecular weight excluding hydrogens is 496 g/mol. The number of benzene rings is 4. The summed E-state index contributed by atoms with van der Waals surface area (Å²) in [6.45, 7) is 3.93. The number of fused-ring (bicyclic) bond motifs is 1. The summed E-state index contributed by atoms with van der Waals surface area (Å²) in [6.07, 6.45) is 1.65. The van der Waals surface area contributed by atoms with Crippen LogP contribution in [0.4, 0.5) is 10.5 Å². The molecule has 4 aromatic carbocycles. The van der Waals surface area contributed by atoms with Crippen LogP contribution < -0.4 is 10.1 Å². The fourth-order valence-corrected chi connectivity index (χ4v) is 5.29. The van der Waals surface area contributed by atoms with Crippen molar-refractivity contribution in [3.8, 4) is 5.75 Å². The van der Waals surface area contributed by atoms with Crippen LogP contribution >= 0.6 is 11.8 Å². The van der Waals surface area contributed by atoms with Gasteiger partial charge in [0, 0.05) is 5.69 Å². The maximum atomic E-state index is 12.9. The van der Waals surface area contributed by atoms with E-state index in [2.05, 4.69) is 23.5 Å². The number of rotatable bonds is 7. The van der Waals surface area contributed by atoms with Crippen LogP contribution in [0.3, 0.4) is 0 Å². The van der Waals surface area contributed by atoms with Gasteiger partial charge in [-0.1, -0.05) is 60.7 Å². The van der Waals surface area contributed by atoms with E-state index in [4.69, 9.17) is 4.74 Å². The molecule has 0 unspecified atom stereocenters. The van der Waals surface area contributed by atoms with Crippen LogP contribution in [-0.4, -0.2) is 28.5 Å². The molecule has 5 rings (SSSR count). The Balaban J connectivity index is 1.25. The molecule has 0 spiro atoms. The molecule has 0 radical (unpaired) electrons. The normalized spacial score (nSPS) is 14.4. The van der Waals surface area contributed by atoms with Crippen LogP contribution in [0.1, 0.15) is 22.3 Å². The van der Waals surface area contributed by atoms with Crippen LogP contribution in [0.25, 0.3) is 16.8 Å². The quantitative estimate of drug-likeness (QED) is 0.273. The summed E-state index contributed by atoms with van der Waals surface area (Å²) in [5.41, 5.74) is 4.46. The molecule has 0 saturated carbocycles. The number of carbonyl (C=O) groups excluding carboxylic acids is 3. The summed E-state index contributed by atoms with van der Waals surface area (Å²) in [5.74, 6) is -0.265. The maximum Gasteiger partial charge on any atom is 0.294 e. The molecule has 1 N–H and O–H groups in total. The summed E-state index contributed by atoms with van der Waals surface area (Å²) >= 11 is 0.825. The Hall–Kier alpha value is -4.36. The van der Waals surface area contributed by atoms with Gasteiger partial charge in [-0.05, 0) is 89.0 Å². The van der Waals surface area contributed by atoms with E-state index in [1.807, 2.05) is 80.6 Å². The molecule has 6 nitrogen and oxygen atoms in total. The lowest BCUT2D eigenvalue weighted by atomic mass is 10.1. The number of nitrogens with one attached hydrogen (secondary N) is 1. The number of imide groups is 1. The second kappa shape index (κ2) is 10.9. The van der Waals surface area contributed by atoms with E-state index < -0.39 is 17.1 Å². The molecule has 1 saturated heterocycles. The van der Waals surface area contributed by atoms with E-state index in [0.29, 0.717) is 18.0 Å². The molecule has 1 aliphatic rings. The van der Waals surface area contributed by atoms with Crippen LogP contribution in [0.5, 0.6) is 5.75 Å². The highest BCUT2D eigenvalue weighted by molar-refractivity contribution is 8.18. The maximum absolute atomic E-state index is 12.9. The topological polar surface area (TPSA) is 75.7 Å². The van der Waals surface area contributed by atoms with Gasteiger partial charge in [0.1, 0.15) is 18.9 Å². The lowest BCUT2D eigenvalue weighted by Gasteiger charge is -2.13. The number of aryl methyl sites for hydroxylation is 2. The molecule has 7 heteroatoms. The molecule has 1 fully saturated rings. The monoisotopic (exact) mass is 522 g/mol. The Morgan fingerprint density at radius 1 is 0.921 bits per heavy atom. The Labute approximate surface area is 225 Å². The van der Waals surface area contributed by atoms with E-state index >= 15 is 0 Å². The van der Waals surface area contributed by atoms with Gasteiger partial charge in [-0.15, -0.1) is 0 Å². The highest BCUT2D eigenvalue weighted by Crippen LogP contribution is 2.33. The van der Waals surface area contributed by atoms with Crippen LogP contribution in [0.15, 0.2) is 89.8 Å². The number of anilines is 1. The summed E-state index contributed by atoms with van der Waals surface area (Å²) < 4.78 is 6.05. The molecule has 3 amide bonds. The first-order valence-electron chi connectivity index (χ1n) is 12.2. The van der Waals surface area contributed by atoms with E-state index in [-0.39, 0.29) is 11.4 Å². The number of nitrogens with zero attached hydrogens (tertiary/aromatic N) is 1. The molecule has 1 aliphatic heterocycles. The first kappa shape index (κ1) is 25.3. The minimum Gasteiger partial charge on any atom is -0.489 e. The average Bonchev–Trinajstić information content (AvgIpc) is 3.14. The SMILES string of the molecule is Cc1cc(C)cc(NC(=O)CN2C(=O)S/C(=C/c3cccc(OCc4cccc5ccccc45)c3)C2=O)c1. The van der Waals surface area contributed by atoms with Gasteiger partial charge in [-0.25, -0.2) is 0 Å². The number of hydrogen-bond donors (Lipinski definition) is 1. The van der Waals surface area contributed by atoms with Gasteiger partial charge in [0.15, 0.2) is 0 Å². The summed E-state index contributed by atoms with van der Waals surface area (Å²) in [4.78, 5) is 39.3. The first-order chi connectivity index (χ1) is 18.4. The molecule has 4 aromatic rings. The smallest absolute Gasteiger partial charge is 0.294 e. The van der Waals surface area contributed by atoms with E-state index in [1.54, 1.807) is 6.08 Å². The van der Waals surface area contributed by atoms with Crippen molar-refractivity contribution >= 4 is 51.4 Å². The minimum atomic E-state index is -0.488. The van der Waals surface area contributed by atoms with Gasteiger partial charge in [-0.3, -0.25) is 19.3 Å². The molecule has 38 heavy (non-hydrogen) atoms. The fraction of sp³-hybridized carbons (Fsp3) is 0.129. The van der Waals surface area contributed by atoms with E-state index in [9.17, 15) is 14.4 Å². The van der Waals surface area contributed by atoms with Gasteiger partial charge >= 0.3 is 0 Å². The summed E-state index contributed by atoms with van der Waals surface area (Å²) in [7, 11) is 0. The zero-order valence-electron chi connectivity index (χ0n) is 21.1. The third kappa shape index (κ3) is 5.79. The molecule has 0 atom stereocenters. The fourth-order valence-electron chi connectivity index (χ4n) is 4.45. The zero-order valence-corrected chi connectivity index (χ0v) is 21.9. The van der Waals surface area contributed by atoms with Crippen LogP contribution in [0, 0.1) is 13.8 Å². The number of thioether (sulfide) groups is 1. The second-order valence-corrected chi connectivity index (χ2v) is 10.2. The number of ether oxygens (including phenoxy) is 1. The van der Waals surface area contributed by atoms with Gasteiger partial charge < -0.3 is 10.1 Å². The number of hydrogen-bond acceptors (Lipinski definition) is 5. The third-order valence-electron chi connectivity index (χ3n) is 6.11.